The molecule has 5 nitrogen and oxygen atoms in total. The van der Waals surface area contributed by atoms with E-state index in [1.807, 2.05) is 0 Å². The molecule has 0 radical (unpaired) electrons. The minimum Gasteiger partial charge on any atom is -0.465 e. The number of piperidine rings is 3. The number of anilines is 1. The number of nitrogens with zero attached hydrogens (tertiary/aromatic N) is 3. The molecule has 1 amide bonds. The van der Waals surface area contributed by atoms with Gasteiger partial charge in [0, 0.05) is 19.6 Å². The maximum absolute atomic E-state index is 13.2. The van der Waals surface area contributed by atoms with E-state index < -0.39 is 6.09 Å². The normalized spacial score (nSPS) is 24.6. The highest BCUT2D eigenvalue weighted by molar-refractivity contribution is 7.13. The van der Waals surface area contributed by atoms with Crippen LogP contribution in [0.1, 0.15) is 19.3 Å². The first-order valence-corrected chi connectivity index (χ1v) is 8.92. The molecule has 25 heavy (non-hydrogen) atoms. The lowest BCUT2D eigenvalue weighted by atomic mass is 9.78. The predicted octanol–water partition coefficient (Wildman–Crippen LogP) is 4.09. The lowest BCUT2D eigenvalue weighted by molar-refractivity contribution is 0.0779. The summed E-state index contributed by atoms with van der Waals surface area (Å²) in [4.78, 5) is 21.2. The highest BCUT2D eigenvalue weighted by atomic mass is 35.5. The molecule has 3 aliphatic heterocycles. The Morgan fingerprint density at radius 3 is 2.36 bits per heavy atom. The van der Waals surface area contributed by atoms with Crippen molar-refractivity contribution >= 4 is 35.7 Å². The summed E-state index contributed by atoms with van der Waals surface area (Å²) in [5.74, 6) is 0.174. The highest BCUT2D eigenvalue weighted by Gasteiger charge is 2.48. The summed E-state index contributed by atoms with van der Waals surface area (Å²) in [7, 11) is 0. The van der Waals surface area contributed by atoms with Gasteiger partial charge in [0.15, 0.2) is 5.82 Å². The molecule has 0 saturated carbocycles. The number of rotatable bonds is 3. The summed E-state index contributed by atoms with van der Waals surface area (Å²) in [6.45, 7) is 2.79. The maximum Gasteiger partial charge on any atom is 0.413 e. The summed E-state index contributed by atoms with van der Waals surface area (Å²) in [5, 5.41) is 9.94. The number of carboxylic acid groups (broad SMARTS) is 1. The molecule has 5 rings (SSSR count). The molecule has 4 heterocycles. The largest absolute Gasteiger partial charge is 0.465 e. The van der Waals surface area contributed by atoms with Gasteiger partial charge in [-0.3, -0.25) is 4.90 Å². The maximum atomic E-state index is 13.2. The average molecular weight is 384 g/mol. The van der Waals surface area contributed by atoms with Crippen LogP contribution in [0.25, 0.3) is 10.4 Å². The molecule has 1 aromatic carbocycles. The molecule has 0 aliphatic carbocycles. The lowest BCUT2D eigenvalue weighted by Crippen LogP contribution is -2.63. The number of carbonyl (C=O) groups is 1. The van der Waals surface area contributed by atoms with Crippen LogP contribution in [0, 0.1) is 5.82 Å². The zero-order valence-corrected chi connectivity index (χ0v) is 15.2. The van der Waals surface area contributed by atoms with Gasteiger partial charge < -0.3 is 10.0 Å². The van der Waals surface area contributed by atoms with Crippen molar-refractivity contribution in [2.75, 3.05) is 24.5 Å². The van der Waals surface area contributed by atoms with E-state index in [0.29, 0.717) is 5.82 Å². The minimum absolute atomic E-state index is 0. The standard InChI is InChI=1S/C17H18FN3O2S.ClH/c18-13-3-1-12(2-4-13)14-15(19-11-24-14)21(16(22)23)17-5-8-20(9-6-17)10-7-17;/h1-4,11H,5-10H2,(H,22,23);1H. The van der Waals surface area contributed by atoms with Crippen molar-refractivity contribution in [3.63, 3.8) is 0 Å². The SMILES string of the molecule is Cl.O=C(O)N(c1ncsc1-c1ccc(F)cc1)C12CCN(CC1)CC2. The van der Waals surface area contributed by atoms with Crippen molar-refractivity contribution in [2.24, 2.45) is 0 Å². The third-order valence-electron chi connectivity index (χ3n) is 5.21. The number of halogens is 2. The summed E-state index contributed by atoms with van der Waals surface area (Å²) < 4.78 is 13.2. The van der Waals surface area contributed by atoms with Crippen LogP contribution >= 0.6 is 23.7 Å². The monoisotopic (exact) mass is 383 g/mol. The molecular weight excluding hydrogens is 365 g/mol. The van der Waals surface area contributed by atoms with Gasteiger partial charge in [0.2, 0.25) is 0 Å². The van der Waals surface area contributed by atoms with E-state index in [2.05, 4.69) is 9.88 Å². The molecule has 3 fully saturated rings. The Hall–Kier alpha value is -1.70. The van der Waals surface area contributed by atoms with Crippen molar-refractivity contribution in [3.8, 4) is 10.4 Å². The number of hydrogen-bond donors (Lipinski definition) is 1. The quantitative estimate of drug-likeness (QED) is 0.867. The van der Waals surface area contributed by atoms with Gasteiger partial charge in [-0.05, 0) is 37.0 Å². The second-order valence-electron chi connectivity index (χ2n) is 6.45. The van der Waals surface area contributed by atoms with Gasteiger partial charge in [0.1, 0.15) is 5.82 Å². The van der Waals surface area contributed by atoms with Crippen LogP contribution in [0.4, 0.5) is 15.0 Å². The molecule has 0 atom stereocenters. The predicted molar refractivity (Wildman–Crippen MR) is 98.3 cm³/mol. The van der Waals surface area contributed by atoms with Crippen LogP contribution in [0.3, 0.4) is 0 Å². The summed E-state index contributed by atoms with van der Waals surface area (Å²) in [6.07, 6.45) is 1.54. The second-order valence-corrected chi connectivity index (χ2v) is 7.30. The Bertz CT molecular complexity index is 746. The van der Waals surface area contributed by atoms with Gasteiger partial charge in [-0.25, -0.2) is 14.2 Å². The van der Waals surface area contributed by atoms with Crippen molar-refractivity contribution in [1.29, 1.82) is 0 Å². The second kappa shape index (κ2) is 6.90. The van der Waals surface area contributed by atoms with E-state index in [9.17, 15) is 14.3 Å². The Kier molecular flexibility index (Phi) is 4.99. The molecule has 8 heteroatoms. The van der Waals surface area contributed by atoms with Crippen LogP contribution in [-0.4, -0.2) is 46.3 Å². The summed E-state index contributed by atoms with van der Waals surface area (Å²) in [5.41, 5.74) is 2.09. The number of amides is 1. The van der Waals surface area contributed by atoms with E-state index in [4.69, 9.17) is 0 Å². The minimum atomic E-state index is -0.959. The van der Waals surface area contributed by atoms with Gasteiger partial charge in [-0.15, -0.1) is 23.7 Å². The number of fused-ring (bicyclic) bond motifs is 3. The Balaban J connectivity index is 0.00000182. The molecular formula is C17H19ClFN3O2S. The molecule has 0 spiro atoms. The zero-order valence-electron chi connectivity index (χ0n) is 13.5. The Morgan fingerprint density at radius 1 is 1.20 bits per heavy atom. The first-order chi connectivity index (χ1) is 11.6. The fourth-order valence-corrected chi connectivity index (χ4v) is 4.64. The Morgan fingerprint density at radius 2 is 1.80 bits per heavy atom. The Labute approximate surface area is 155 Å². The fraction of sp³-hybridized carbons (Fsp3) is 0.412. The van der Waals surface area contributed by atoms with Gasteiger partial charge in [0.25, 0.3) is 0 Å². The fourth-order valence-electron chi connectivity index (χ4n) is 3.86. The highest BCUT2D eigenvalue weighted by Crippen LogP contribution is 2.43. The van der Waals surface area contributed by atoms with E-state index >= 15 is 0 Å². The van der Waals surface area contributed by atoms with Crippen molar-refractivity contribution in [1.82, 2.24) is 9.88 Å². The topological polar surface area (TPSA) is 56.7 Å². The average Bonchev–Trinajstić information content (AvgIpc) is 3.05. The van der Waals surface area contributed by atoms with Gasteiger partial charge in [-0.1, -0.05) is 12.1 Å². The summed E-state index contributed by atoms with van der Waals surface area (Å²) in [6, 6.07) is 6.13. The van der Waals surface area contributed by atoms with Crippen LogP contribution in [-0.2, 0) is 0 Å². The number of benzene rings is 1. The van der Waals surface area contributed by atoms with Crippen LogP contribution < -0.4 is 4.90 Å². The molecule has 134 valence electrons. The summed E-state index contributed by atoms with van der Waals surface area (Å²) >= 11 is 1.39. The lowest BCUT2D eigenvalue weighted by Gasteiger charge is -2.52. The molecule has 2 aromatic rings. The first kappa shape index (κ1) is 18.1. The van der Waals surface area contributed by atoms with Crippen molar-refractivity contribution < 1.29 is 14.3 Å². The van der Waals surface area contributed by atoms with E-state index in [1.54, 1.807) is 17.6 Å². The molecule has 0 unspecified atom stereocenters. The van der Waals surface area contributed by atoms with E-state index in [0.717, 1.165) is 49.3 Å². The van der Waals surface area contributed by atoms with Crippen LogP contribution in [0.15, 0.2) is 29.8 Å². The van der Waals surface area contributed by atoms with E-state index in [1.165, 1.54) is 28.4 Å². The number of thiazole rings is 1. The van der Waals surface area contributed by atoms with Crippen molar-refractivity contribution in [3.05, 3.63) is 35.6 Å². The molecule has 3 saturated heterocycles. The number of hydrogen-bond acceptors (Lipinski definition) is 4. The third kappa shape index (κ3) is 3.12. The molecule has 1 N–H and O–H groups in total. The van der Waals surface area contributed by atoms with Crippen LogP contribution in [0.2, 0.25) is 0 Å². The van der Waals surface area contributed by atoms with Crippen LogP contribution in [0.5, 0.6) is 0 Å². The number of aromatic nitrogens is 1. The van der Waals surface area contributed by atoms with Gasteiger partial charge >= 0.3 is 6.09 Å². The van der Waals surface area contributed by atoms with E-state index in [-0.39, 0.29) is 23.8 Å². The molecule has 2 bridgehead atoms. The van der Waals surface area contributed by atoms with Crippen molar-refractivity contribution in [2.45, 2.75) is 24.8 Å². The van der Waals surface area contributed by atoms with Gasteiger partial charge in [0.05, 0.1) is 15.9 Å². The third-order valence-corrected chi connectivity index (χ3v) is 6.08. The molecule has 3 aliphatic rings. The first-order valence-electron chi connectivity index (χ1n) is 8.04. The zero-order chi connectivity index (χ0) is 16.7. The molecule has 1 aromatic heterocycles. The smallest absolute Gasteiger partial charge is 0.413 e. The van der Waals surface area contributed by atoms with Gasteiger partial charge in [-0.2, -0.15) is 0 Å².